The summed E-state index contributed by atoms with van der Waals surface area (Å²) >= 11 is 0. The highest BCUT2D eigenvalue weighted by Gasteiger charge is 2.13. The standard InChI is InChI=1S/C10H15N3O2/c11-6-8(12)5-7-3-1-2-4-9(7)10(14)15-13/h1-4,8H,5-6,11-13H2/t8-/m0/s1. The minimum absolute atomic E-state index is 0.170. The molecule has 0 spiro atoms. The second-order valence-corrected chi connectivity index (χ2v) is 3.26. The predicted molar refractivity (Wildman–Crippen MR) is 56.8 cm³/mol. The molecule has 0 radical (unpaired) electrons. The molecule has 0 saturated carbocycles. The molecule has 0 bridgehead atoms. The quantitative estimate of drug-likeness (QED) is 0.582. The molecule has 0 aliphatic carbocycles. The molecule has 0 aromatic heterocycles. The lowest BCUT2D eigenvalue weighted by molar-refractivity contribution is 0.0502. The van der Waals surface area contributed by atoms with Gasteiger partial charge in [0.2, 0.25) is 0 Å². The Balaban J connectivity index is 2.91. The van der Waals surface area contributed by atoms with Crippen LogP contribution in [-0.4, -0.2) is 18.6 Å². The summed E-state index contributed by atoms with van der Waals surface area (Å²) < 4.78 is 0. The van der Waals surface area contributed by atoms with Crippen molar-refractivity contribution in [3.05, 3.63) is 35.4 Å². The Bertz CT molecular complexity index is 341. The van der Waals surface area contributed by atoms with Gasteiger partial charge in [0.1, 0.15) is 0 Å². The van der Waals surface area contributed by atoms with Crippen LogP contribution in [0.2, 0.25) is 0 Å². The van der Waals surface area contributed by atoms with Gasteiger partial charge in [0, 0.05) is 12.6 Å². The Hall–Kier alpha value is -1.43. The van der Waals surface area contributed by atoms with E-state index in [1.54, 1.807) is 12.1 Å². The van der Waals surface area contributed by atoms with Crippen molar-refractivity contribution in [2.75, 3.05) is 6.54 Å². The van der Waals surface area contributed by atoms with Crippen LogP contribution >= 0.6 is 0 Å². The van der Waals surface area contributed by atoms with Crippen LogP contribution in [0.4, 0.5) is 0 Å². The molecule has 0 saturated heterocycles. The topological polar surface area (TPSA) is 104 Å². The van der Waals surface area contributed by atoms with Crippen LogP contribution < -0.4 is 17.4 Å². The molecule has 5 nitrogen and oxygen atoms in total. The third-order valence-corrected chi connectivity index (χ3v) is 2.13. The van der Waals surface area contributed by atoms with Crippen molar-refractivity contribution in [3.63, 3.8) is 0 Å². The molecule has 0 heterocycles. The van der Waals surface area contributed by atoms with E-state index in [2.05, 4.69) is 4.84 Å². The van der Waals surface area contributed by atoms with Gasteiger partial charge in [-0.2, -0.15) is 5.90 Å². The fourth-order valence-electron chi connectivity index (χ4n) is 1.33. The SMILES string of the molecule is NC[C@@H](N)Cc1ccccc1C(=O)ON. The van der Waals surface area contributed by atoms with E-state index in [0.29, 0.717) is 18.5 Å². The minimum atomic E-state index is -0.560. The van der Waals surface area contributed by atoms with E-state index in [9.17, 15) is 4.79 Å². The second-order valence-electron chi connectivity index (χ2n) is 3.26. The van der Waals surface area contributed by atoms with Gasteiger partial charge in [0.15, 0.2) is 0 Å². The molecule has 5 heteroatoms. The van der Waals surface area contributed by atoms with E-state index < -0.39 is 5.97 Å². The molecule has 1 atom stereocenters. The highest BCUT2D eigenvalue weighted by Crippen LogP contribution is 2.11. The van der Waals surface area contributed by atoms with Gasteiger partial charge in [-0.05, 0) is 18.1 Å². The summed E-state index contributed by atoms with van der Waals surface area (Å²) in [5.74, 6) is 4.27. The minimum Gasteiger partial charge on any atom is -0.370 e. The maximum atomic E-state index is 11.3. The van der Waals surface area contributed by atoms with E-state index in [0.717, 1.165) is 5.56 Å². The Kier molecular flexibility index (Phi) is 4.23. The molecule has 0 amide bonds. The molecule has 0 unspecified atom stereocenters. The van der Waals surface area contributed by atoms with Crippen LogP contribution in [0, 0.1) is 0 Å². The zero-order chi connectivity index (χ0) is 11.3. The van der Waals surface area contributed by atoms with E-state index in [-0.39, 0.29) is 6.04 Å². The fraction of sp³-hybridized carbons (Fsp3) is 0.300. The monoisotopic (exact) mass is 209 g/mol. The van der Waals surface area contributed by atoms with Gasteiger partial charge < -0.3 is 16.3 Å². The number of rotatable bonds is 4. The lowest BCUT2D eigenvalue weighted by atomic mass is 10.0. The number of carbonyl (C=O) groups is 1. The van der Waals surface area contributed by atoms with E-state index in [1.165, 1.54) is 0 Å². The van der Waals surface area contributed by atoms with E-state index in [4.69, 9.17) is 17.4 Å². The Morgan fingerprint density at radius 2 is 2.07 bits per heavy atom. The highest BCUT2D eigenvalue weighted by molar-refractivity contribution is 5.90. The molecule has 0 aliphatic heterocycles. The van der Waals surface area contributed by atoms with Gasteiger partial charge in [-0.25, -0.2) is 4.79 Å². The summed E-state index contributed by atoms with van der Waals surface area (Å²) in [7, 11) is 0. The lowest BCUT2D eigenvalue weighted by Crippen LogP contribution is -2.32. The molecule has 6 N–H and O–H groups in total. The molecule has 1 aromatic rings. The van der Waals surface area contributed by atoms with Crippen molar-refractivity contribution >= 4 is 5.97 Å². The first kappa shape index (κ1) is 11.6. The lowest BCUT2D eigenvalue weighted by Gasteiger charge is -2.11. The van der Waals surface area contributed by atoms with Crippen LogP contribution in [0.15, 0.2) is 24.3 Å². The van der Waals surface area contributed by atoms with Crippen LogP contribution in [0.1, 0.15) is 15.9 Å². The molecule has 15 heavy (non-hydrogen) atoms. The maximum Gasteiger partial charge on any atom is 0.356 e. The zero-order valence-electron chi connectivity index (χ0n) is 8.35. The average Bonchev–Trinajstić information content (AvgIpc) is 2.28. The normalized spacial score (nSPS) is 12.2. The van der Waals surface area contributed by atoms with Crippen LogP contribution in [0.3, 0.4) is 0 Å². The maximum absolute atomic E-state index is 11.3. The molecular formula is C10H15N3O2. The fourth-order valence-corrected chi connectivity index (χ4v) is 1.33. The highest BCUT2D eigenvalue weighted by atomic mass is 16.7. The van der Waals surface area contributed by atoms with Crippen LogP contribution in [0.5, 0.6) is 0 Å². The van der Waals surface area contributed by atoms with Gasteiger partial charge in [0.25, 0.3) is 0 Å². The summed E-state index contributed by atoms with van der Waals surface area (Å²) in [4.78, 5) is 15.5. The predicted octanol–water partition coefficient (Wildman–Crippen LogP) is -0.454. The average molecular weight is 209 g/mol. The number of benzene rings is 1. The number of hydrogen-bond donors (Lipinski definition) is 3. The van der Waals surface area contributed by atoms with Gasteiger partial charge in [0.05, 0.1) is 5.56 Å². The zero-order valence-corrected chi connectivity index (χ0v) is 8.35. The third kappa shape index (κ3) is 3.02. The number of carbonyl (C=O) groups excluding carboxylic acids is 1. The van der Waals surface area contributed by atoms with Crippen molar-refractivity contribution in [1.29, 1.82) is 0 Å². The van der Waals surface area contributed by atoms with Gasteiger partial charge >= 0.3 is 5.97 Å². The molecular weight excluding hydrogens is 194 g/mol. The first-order valence-corrected chi connectivity index (χ1v) is 4.63. The summed E-state index contributed by atoms with van der Waals surface area (Å²) in [6.07, 6.45) is 0.530. The van der Waals surface area contributed by atoms with E-state index >= 15 is 0 Å². The summed E-state index contributed by atoms with van der Waals surface area (Å²) in [5, 5.41) is 0. The molecule has 1 rings (SSSR count). The van der Waals surface area contributed by atoms with Gasteiger partial charge in [-0.15, -0.1) is 0 Å². The van der Waals surface area contributed by atoms with Crippen molar-refractivity contribution in [1.82, 2.24) is 0 Å². The van der Waals surface area contributed by atoms with Crippen molar-refractivity contribution in [2.24, 2.45) is 17.4 Å². The summed E-state index contributed by atoms with van der Waals surface area (Å²) in [6, 6.07) is 6.85. The van der Waals surface area contributed by atoms with Gasteiger partial charge in [-0.1, -0.05) is 18.2 Å². The molecule has 82 valence electrons. The van der Waals surface area contributed by atoms with Gasteiger partial charge in [-0.3, -0.25) is 0 Å². The summed E-state index contributed by atoms with van der Waals surface area (Å²) in [6.45, 7) is 0.367. The van der Waals surface area contributed by atoms with Crippen molar-refractivity contribution in [3.8, 4) is 0 Å². The Morgan fingerprint density at radius 1 is 1.40 bits per heavy atom. The number of nitrogens with two attached hydrogens (primary N) is 3. The van der Waals surface area contributed by atoms with Crippen molar-refractivity contribution in [2.45, 2.75) is 12.5 Å². The van der Waals surface area contributed by atoms with Crippen molar-refractivity contribution < 1.29 is 9.63 Å². The first-order valence-electron chi connectivity index (χ1n) is 4.63. The smallest absolute Gasteiger partial charge is 0.356 e. The largest absolute Gasteiger partial charge is 0.370 e. The van der Waals surface area contributed by atoms with Crippen LogP contribution in [-0.2, 0) is 11.3 Å². The van der Waals surface area contributed by atoms with E-state index in [1.807, 2.05) is 12.1 Å². The molecule has 1 aromatic carbocycles. The number of hydrogen-bond acceptors (Lipinski definition) is 5. The second kappa shape index (κ2) is 5.45. The Labute approximate surface area is 88.1 Å². The summed E-state index contributed by atoms with van der Waals surface area (Å²) in [5.41, 5.74) is 12.4. The van der Waals surface area contributed by atoms with Crippen LogP contribution in [0.25, 0.3) is 0 Å². The first-order chi connectivity index (χ1) is 7.19. The third-order valence-electron chi connectivity index (χ3n) is 2.13. The molecule has 0 fully saturated rings. The molecule has 0 aliphatic rings. The Morgan fingerprint density at radius 3 is 2.67 bits per heavy atom.